The summed E-state index contributed by atoms with van der Waals surface area (Å²) >= 11 is 5.49. The van der Waals surface area contributed by atoms with Crippen molar-refractivity contribution in [2.75, 3.05) is 7.11 Å². The summed E-state index contributed by atoms with van der Waals surface area (Å²) in [5.41, 5.74) is -0.466. The number of methoxy groups -OCH3 is 1. The number of halogens is 3. The van der Waals surface area contributed by atoms with Gasteiger partial charge in [0.1, 0.15) is 11.8 Å². The average Bonchev–Trinajstić information content (AvgIpc) is 2.26. The molecule has 1 aromatic rings. The van der Waals surface area contributed by atoms with Crippen molar-refractivity contribution in [3.05, 3.63) is 23.0 Å². The highest BCUT2D eigenvalue weighted by atomic mass is 35.5. The molecule has 0 aliphatic rings. The highest BCUT2D eigenvalue weighted by Crippen LogP contribution is 2.27. The largest absolute Gasteiger partial charge is 0.494 e. The molecule has 1 heterocycles. The summed E-state index contributed by atoms with van der Waals surface area (Å²) in [4.78, 5) is 3.51. The average molecular weight is 233 g/mol. The molecule has 15 heavy (non-hydrogen) atoms. The van der Waals surface area contributed by atoms with Crippen LogP contribution in [-0.4, -0.2) is 12.1 Å². The van der Waals surface area contributed by atoms with Crippen LogP contribution in [0.4, 0.5) is 8.78 Å². The van der Waals surface area contributed by atoms with Gasteiger partial charge in [-0.2, -0.15) is 5.26 Å². The molecule has 0 radical (unpaired) electrons. The van der Waals surface area contributed by atoms with Gasteiger partial charge in [0.2, 0.25) is 0 Å². The fourth-order valence-electron chi connectivity index (χ4n) is 1.08. The van der Waals surface area contributed by atoms with E-state index in [0.29, 0.717) is 0 Å². The van der Waals surface area contributed by atoms with E-state index >= 15 is 0 Å². The second-order valence-corrected chi connectivity index (χ2v) is 2.90. The van der Waals surface area contributed by atoms with Crippen molar-refractivity contribution in [1.29, 1.82) is 5.26 Å². The van der Waals surface area contributed by atoms with Crippen LogP contribution in [0.25, 0.3) is 0 Å². The van der Waals surface area contributed by atoms with Gasteiger partial charge in [0, 0.05) is 5.88 Å². The van der Waals surface area contributed by atoms with E-state index in [1.54, 1.807) is 6.07 Å². The number of pyridine rings is 1. The second kappa shape index (κ2) is 4.89. The minimum atomic E-state index is -2.75. The molecule has 0 aliphatic carbocycles. The number of hydrogen-bond acceptors (Lipinski definition) is 3. The van der Waals surface area contributed by atoms with Crippen LogP contribution in [0, 0.1) is 11.3 Å². The molecule has 0 bridgehead atoms. The maximum atomic E-state index is 12.5. The predicted octanol–water partition coefficient (Wildman–Crippen LogP) is 2.64. The molecule has 1 rings (SSSR count). The van der Waals surface area contributed by atoms with Gasteiger partial charge in [0.15, 0.2) is 11.4 Å². The van der Waals surface area contributed by atoms with Crippen LogP contribution < -0.4 is 4.74 Å². The summed E-state index contributed by atoms with van der Waals surface area (Å²) in [6, 6.07) is 2.99. The van der Waals surface area contributed by atoms with E-state index in [9.17, 15) is 8.78 Å². The first kappa shape index (κ1) is 11.7. The highest BCUT2D eigenvalue weighted by molar-refractivity contribution is 6.17. The third kappa shape index (κ3) is 2.34. The normalized spacial score (nSPS) is 10.1. The molecule has 0 amide bonds. The fourth-order valence-corrected chi connectivity index (χ4v) is 1.29. The van der Waals surface area contributed by atoms with Gasteiger partial charge in [-0.05, 0) is 11.6 Å². The fraction of sp³-hybridized carbons (Fsp3) is 0.333. The van der Waals surface area contributed by atoms with E-state index in [-0.39, 0.29) is 22.9 Å². The molecule has 0 unspecified atom stereocenters. The second-order valence-electron chi connectivity index (χ2n) is 2.63. The predicted molar refractivity (Wildman–Crippen MR) is 50.0 cm³/mol. The van der Waals surface area contributed by atoms with Gasteiger partial charge in [-0.3, -0.25) is 0 Å². The molecule has 0 spiro atoms. The van der Waals surface area contributed by atoms with Gasteiger partial charge < -0.3 is 4.74 Å². The van der Waals surface area contributed by atoms with Gasteiger partial charge in [0.05, 0.1) is 7.11 Å². The van der Waals surface area contributed by atoms with Crippen LogP contribution >= 0.6 is 11.6 Å². The minimum absolute atomic E-state index is 0.102. The van der Waals surface area contributed by atoms with Crippen molar-refractivity contribution in [2.45, 2.75) is 12.3 Å². The zero-order valence-electron chi connectivity index (χ0n) is 7.80. The van der Waals surface area contributed by atoms with Crippen LogP contribution in [0.2, 0.25) is 0 Å². The topological polar surface area (TPSA) is 45.9 Å². The Morgan fingerprint density at radius 1 is 1.67 bits per heavy atom. The monoisotopic (exact) mass is 232 g/mol. The number of aromatic nitrogens is 1. The van der Waals surface area contributed by atoms with Crippen molar-refractivity contribution in [1.82, 2.24) is 4.98 Å². The molecule has 3 nitrogen and oxygen atoms in total. The Labute approximate surface area is 90.3 Å². The lowest BCUT2D eigenvalue weighted by Gasteiger charge is -2.08. The number of rotatable bonds is 3. The Balaban J connectivity index is 3.36. The Kier molecular flexibility index (Phi) is 3.81. The van der Waals surface area contributed by atoms with Crippen molar-refractivity contribution in [3.8, 4) is 11.8 Å². The van der Waals surface area contributed by atoms with E-state index < -0.39 is 12.1 Å². The molecule has 0 aliphatic heterocycles. The standard InChI is InChI=1S/C9H7ClF2N2O/c1-15-7-2-5(3-10)8(9(11)12)14-6(7)4-13/h2,9H,3H2,1H3. The molecule has 0 N–H and O–H groups in total. The molecular formula is C9H7ClF2N2O. The van der Waals surface area contributed by atoms with Gasteiger partial charge in [-0.25, -0.2) is 13.8 Å². The van der Waals surface area contributed by atoms with E-state index in [1.165, 1.54) is 13.2 Å². The Morgan fingerprint density at radius 2 is 2.33 bits per heavy atom. The Hall–Kier alpha value is -1.41. The molecule has 0 fully saturated rings. The van der Waals surface area contributed by atoms with Gasteiger partial charge in [-0.15, -0.1) is 11.6 Å². The quantitative estimate of drug-likeness (QED) is 0.753. The van der Waals surface area contributed by atoms with Crippen molar-refractivity contribution in [2.24, 2.45) is 0 Å². The summed E-state index contributed by atoms with van der Waals surface area (Å²) in [5, 5.41) is 8.65. The van der Waals surface area contributed by atoms with E-state index in [0.717, 1.165) is 0 Å². The van der Waals surface area contributed by atoms with Gasteiger partial charge in [0.25, 0.3) is 6.43 Å². The van der Waals surface area contributed by atoms with Crippen molar-refractivity contribution in [3.63, 3.8) is 0 Å². The molecule has 1 aromatic heterocycles. The van der Waals surface area contributed by atoms with Crippen molar-refractivity contribution < 1.29 is 13.5 Å². The number of alkyl halides is 3. The Morgan fingerprint density at radius 3 is 2.73 bits per heavy atom. The summed E-state index contributed by atoms with van der Waals surface area (Å²) in [6.07, 6.45) is -2.75. The maximum Gasteiger partial charge on any atom is 0.280 e. The summed E-state index contributed by atoms with van der Waals surface area (Å²) in [6.45, 7) is 0. The zero-order chi connectivity index (χ0) is 11.4. The molecule has 80 valence electrons. The van der Waals surface area contributed by atoms with E-state index in [4.69, 9.17) is 21.6 Å². The van der Waals surface area contributed by atoms with Crippen molar-refractivity contribution >= 4 is 11.6 Å². The molecule has 0 saturated carbocycles. The summed E-state index contributed by atoms with van der Waals surface area (Å²) < 4.78 is 29.8. The number of nitriles is 1. The lowest BCUT2D eigenvalue weighted by Crippen LogP contribution is -2.02. The highest BCUT2D eigenvalue weighted by Gasteiger charge is 2.18. The van der Waals surface area contributed by atoms with Crippen LogP contribution in [0.1, 0.15) is 23.4 Å². The molecule has 0 aromatic carbocycles. The maximum absolute atomic E-state index is 12.5. The summed E-state index contributed by atoms with van der Waals surface area (Å²) in [7, 11) is 1.33. The molecule has 0 saturated heterocycles. The van der Waals surface area contributed by atoms with Crippen LogP contribution in [0.5, 0.6) is 5.75 Å². The summed E-state index contributed by atoms with van der Waals surface area (Å²) in [5.74, 6) is 0.0481. The third-order valence-electron chi connectivity index (χ3n) is 1.78. The van der Waals surface area contributed by atoms with Crippen LogP contribution in [-0.2, 0) is 5.88 Å². The number of ether oxygens (including phenoxy) is 1. The number of hydrogen-bond donors (Lipinski definition) is 0. The van der Waals surface area contributed by atoms with E-state index in [1.807, 2.05) is 0 Å². The SMILES string of the molecule is COc1cc(CCl)c(C(F)F)nc1C#N. The first-order chi connectivity index (χ1) is 7.13. The van der Waals surface area contributed by atoms with Gasteiger partial charge in [-0.1, -0.05) is 0 Å². The first-order valence-corrected chi connectivity index (χ1v) is 4.49. The molecular weight excluding hydrogens is 226 g/mol. The van der Waals surface area contributed by atoms with Crippen LogP contribution in [0.3, 0.4) is 0 Å². The third-order valence-corrected chi connectivity index (χ3v) is 2.06. The lowest BCUT2D eigenvalue weighted by atomic mass is 10.2. The van der Waals surface area contributed by atoms with E-state index in [2.05, 4.69) is 4.98 Å². The smallest absolute Gasteiger partial charge is 0.280 e. The van der Waals surface area contributed by atoms with Gasteiger partial charge >= 0.3 is 0 Å². The molecule has 6 heteroatoms. The Bertz CT molecular complexity index is 404. The molecule has 0 atom stereocenters. The number of nitrogens with zero attached hydrogens (tertiary/aromatic N) is 2. The minimum Gasteiger partial charge on any atom is -0.494 e. The zero-order valence-corrected chi connectivity index (χ0v) is 8.55. The van der Waals surface area contributed by atoms with Crippen LogP contribution in [0.15, 0.2) is 6.07 Å². The lowest BCUT2D eigenvalue weighted by molar-refractivity contribution is 0.145. The first-order valence-electron chi connectivity index (χ1n) is 3.96.